The van der Waals surface area contributed by atoms with Gasteiger partial charge in [0.05, 0.1) is 12.1 Å². The van der Waals surface area contributed by atoms with Gasteiger partial charge < -0.3 is 5.32 Å². The van der Waals surface area contributed by atoms with Gasteiger partial charge in [0.25, 0.3) is 0 Å². The molecule has 0 aromatic heterocycles. The first kappa shape index (κ1) is 11.6. The van der Waals surface area contributed by atoms with Crippen LogP contribution in [0.15, 0.2) is 24.3 Å². The summed E-state index contributed by atoms with van der Waals surface area (Å²) in [5, 5.41) is 2.79. The number of hydrogen-bond acceptors (Lipinski definition) is 1. The molecular formula is C11H10F3N. The average molecular weight is 213 g/mol. The number of nitrogens with one attached hydrogen (secondary N) is 1. The molecule has 0 heterocycles. The van der Waals surface area contributed by atoms with E-state index < -0.39 is 11.7 Å². The van der Waals surface area contributed by atoms with Crippen molar-refractivity contribution in [1.82, 2.24) is 5.32 Å². The van der Waals surface area contributed by atoms with E-state index in [1.807, 2.05) is 0 Å². The SMILES string of the molecule is CNCC#Cc1cccc(C(F)(F)F)c1. The zero-order valence-electron chi connectivity index (χ0n) is 8.15. The lowest BCUT2D eigenvalue weighted by Gasteiger charge is -2.05. The third-order valence-corrected chi connectivity index (χ3v) is 1.69. The molecule has 0 saturated heterocycles. The maximum Gasteiger partial charge on any atom is 0.416 e. The summed E-state index contributed by atoms with van der Waals surface area (Å²) in [4.78, 5) is 0. The van der Waals surface area contributed by atoms with Gasteiger partial charge in [-0.2, -0.15) is 13.2 Å². The van der Waals surface area contributed by atoms with Crippen LogP contribution in [0.2, 0.25) is 0 Å². The second kappa shape index (κ2) is 4.85. The van der Waals surface area contributed by atoms with Gasteiger partial charge in [-0.15, -0.1) is 0 Å². The summed E-state index contributed by atoms with van der Waals surface area (Å²) in [6.45, 7) is 0.455. The second-order valence-electron chi connectivity index (χ2n) is 2.91. The van der Waals surface area contributed by atoms with Gasteiger partial charge in [-0.25, -0.2) is 0 Å². The van der Waals surface area contributed by atoms with Crippen molar-refractivity contribution in [3.8, 4) is 11.8 Å². The number of halogens is 3. The molecule has 1 aromatic carbocycles. The molecule has 0 spiro atoms. The Balaban J connectivity index is 2.90. The first-order valence-corrected chi connectivity index (χ1v) is 4.35. The van der Waals surface area contributed by atoms with Gasteiger partial charge in [-0.3, -0.25) is 0 Å². The third kappa shape index (κ3) is 3.64. The van der Waals surface area contributed by atoms with Crippen molar-refractivity contribution in [2.75, 3.05) is 13.6 Å². The molecule has 0 saturated carbocycles. The maximum atomic E-state index is 12.3. The largest absolute Gasteiger partial charge is 0.416 e. The van der Waals surface area contributed by atoms with Crippen LogP contribution >= 0.6 is 0 Å². The minimum Gasteiger partial charge on any atom is -0.309 e. The summed E-state index contributed by atoms with van der Waals surface area (Å²) in [5.41, 5.74) is -0.293. The van der Waals surface area contributed by atoms with Crippen molar-refractivity contribution in [3.05, 3.63) is 35.4 Å². The Kier molecular flexibility index (Phi) is 3.75. The Bertz CT molecular complexity index is 385. The van der Waals surface area contributed by atoms with E-state index in [4.69, 9.17) is 0 Å². The minimum absolute atomic E-state index is 0.375. The highest BCUT2D eigenvalue weighted by Crippen LogP contribution is 2.29. The highest BCUT2D eigenvalue weighted by atomic mass is 19.4. The van der Waals surface area contributed by atoms with Crippen LogP contribution in [0.4, 0.5) is 13.2 Å². The van der Waals surface area contributed by atoms with E-state index in [2.05, 4.69) is 17.2 Å². The Morgan fingerprint density at radius 1 is 1.33 bits per heavy atom. The summed E-state index contributed by atoms with van der Waals surface area (Å²) in [6.07, 6.45) is -4.30. The first-order chi connectivity index (χ1) is 7.04. The van der Waals surface area contributed by atoms with E-state index in [0.29, 0.717) is 12.1 Å². The van der Waals surface area contributed by atoms with Gasteiger partial charge >= 0.3 is 6.18 Å². The summed E-state index contributed by atoms with van der Waals surface area (Å²) in [6, 6.07) is 4.98. The predicted octanol–water partition coefficient (Wildman–Crippen LogP) is 2.28. The lowest BCUT2D eigenvalue weighted by molar-refractivity contribution is -0.137. The van der Waals surface area contributed by atoms with Crippen LogP contribution in [0.1, 0.15) is 11.1 Å². The van der Waals surface area contributed by atoms with Crippen molar-refractivity contribution >= 4 is 0 Å². The topological polar surface area (TPSA) is 12.0 Å². The molecule has 0 fully saturated rings. The molecule has 0 radical (unpaired) electrons. The van der Waals surface area contributed by atoms with Gasteiger partial charge in [0, 0.05) is 5.56 Å². The first-order valence-electron chi connectivity index (χ1n) is 4.35. The lowest BCUT2D eigenvalue weighted by atomic mass is 10.1. The van der Waals surface area contributed by atoms with E-state index in [-0.39, 0.29) is 0 Å². The van der Waals surface area contributed by atoms with Crippen LogP contribution in [0.25, 0.3) is 0 Å². The molecule has 4 heteroatoms. The summed E-state index contributed by atoms with van der Waals surface area (Å²) < 4.78 is 36.9. The van der Waals surface area contributed by atoms with Crippen LogP contribution < -0.4 is 5.32 Å². The van der Waals surface area contributed by atoms with Crippen LogP contribution in [-0.4, -0.2) is 13.6 Å². The quantitative estimate of drug-likeness (QED) is 0.706. The van der Waals surface area contributed by atoms with Crippen LogP contribution in [0.3, 0.4) is 0 Å². The average Bonchev–Trinajstić information content (AvgIpc) is 2.17. The van der Waals surface area contributed by atoms with Crippen LogP contribution in [0.5, 0.6) is 0 Å². The van der Waals surface area contributed by atoms with Gasteiger partial charge in [-0.05, 0) is 25.2 Å². The third-order valence-electron chi connectivity index (χ3n) is 1.69. The molecular weight excluding hydrogens is 203 g/mol. The van der Waals surface area contributed by atoms with Crippen LogP contribution in [-0.2, 0) is 6.18 Å². The summed E-state index contributed by atoms with van der Waals surface area (Å²) >= 11 is 0. The Morgan fingerprint density at radius 2 is 2.07 bits per heavy atom. The van der Waals surface area contributed by atoms with Crippen molar-refractivity contribution in [1.29, 1.82) is 0 Å². The summed E-state index contributed by atoms with van der Waals surface area (Å²) in [5.74, 6) is 5.35. The zero-order chi connectivity index (χ0) is 11.3. The number of benzene rings is 1. The fraction of sp³-hybridized carbons (Fsp3) is 0.273. The van der Waals surface area contributed by atoms with E-state index >= 15 is 0 Å². The predicted molar refractivity (Wildman–Crippen MR) is 52.2 cm³/mol. The van der Waals surface area contributed by atoms with E-state index in [1.165, 1.54) is 6.07 Å². The molecule has 1 N–H and O–H groups in total. The smallest absolute Gasteiger partial charge is 0.309 e. The zero-order valence-corrected chi connectivity index (χ0v) is 8.15. The van der Waals surface area contributed by atoms with E-state index in [9.17, 15) is 13.2 Å². The molecule has 1 aromatic rings. The molecule has 0 aliphatic heterocycles. The van der Waals surface area contributed by atoms with Crippen LogP contribution in [0, 0.1) is 11.8 Å². The van der Waals surface area contributed by atoms with E-state index in [0.717, 1.165) is 12.1 Å². The minimum atomic E-state index is -4.30. The molecule has 0 amide bonds. The number of hydrogen-bond donors (Lipinski definition) is 1. The number of rotatable bonds is 1. The molecule has 0 aliphatic carbocycles. The van der Waals surface area contributed by atoms with Crippen molar-refractivity contribution in [2.45, 2.75) is 6.18 Å². The van der Waals surface area contributed by atoms with Crippen molar-refractivity contribution in [3.63, 3.8) is 0 Å². The maximum absolute atomic E-state index is 12.3. The fourth-order valence-corrected chi connectivity index (χ4v) is 1.01. The monoisotopic (exact) mass is 213 g/mol. The standard InChI is InChI=1S/C11H10F3N/c1-15-7-3-5-9-4-2-6-10(8-9)11(12,13)14/h2,4,6,8,15H,7H2,1H3. The van der Waals surface area contributed by atoms with Crippen molar-refractivity contribution in [2.24, 2.45) is 0 Å². The van der Waals surface area contributed by atoms with Gasteiger partial charge in [-0.1, -0.05) is 17.9 Å². The Morgan fingerprint density at radius 3 is 2.67 bits per heavy atom. The van der Waals surface area contributed by atoms with Gasteiger partial charge in [0.2, 0.25) is 0 Å². The molecule has 0 bridgehead atoms. The highest BCUT2D eigenvalue weighted by molar-refractivity contribution is 5.38. The van der Waals surface area contributed by atoms with E-state index in [1.54, 1.807) is 13.1 Å². The van der Waals surface area contributed by atoms with Crippen molar-refractivity contribution < 1.29 is 13.2 Å². The molecule has 15 heavy (non-hydrogen) atoms. The van der Waals surface area contributed by atoms with Gasteiger partial charge in [0.15, 0.2) is 0 Å². The van der Waals surface area contributed by atoms with Gasteiger partial charge in [0.1, 0.15) is 0 Å². The summed E-state index contributed by atoms with van der Waals surface area (Å²) in [7, 11) is 1.72. The highest BCUT2D eigenvalue weighted by Gasteiger charge is 2.30. The molecule has 0 aliphatic rings. The number of alkyl halides is 3. The Labute approximate surface area is 86.3 Å². The molecule has 0 atom stereocenters. The molecule has 0 unspecified atom stereocenters. The molecule has 1 nitrogen and oxygen atoms in total. The lowest BCUT2D eigenvalue weighted by Crippen LogP contribution is -2.05. The fourth-order valence-electron chi connectivity index (χ4n) is 1.01. The molecule has 1 rings (SSSR count). The molecule has 80 valence electrons. The Hall–Kier alpha value is -1.47. The normalized spacial score (nSPS) is 10.7. The second-order valence-corrected chi connectivity index (χ2v) is 2.91.